The van der Waals surface area contributed by atoms with E-state index in [1.165, 1.54) is 19.9 Å². The lowest BCUT2D eigenvalue weighted by Gasteiger charge is -2.25. The van der Waals surface area contributed by atoms with Crippen LogP contribution in [0.25, 0.3) is 0 Å². The molecule has 7 N–H and O–H groups in total. The Morgan fingerprint density at radius 2 is 1.94 bits per heavy atom. The molecule has 0 unspecified atom stereocenters. The van der Waals surface area contributed by atoms with Crippen molar-refractivity contribution in [3.05, 3.63) is 16.9 Å². The van der Waals surface area contributed by atoms with Crippen molar-refractivity contribution in [1.29, 1.82) is 0 Å². The molecule has 0 fully saturated rings. The van der Waals surface area contributed by atoms with Gasteiger partial charge in [0.05, 0.1) is 17.1 Å². The predicted octanol–water partition coefficient (Wildman–Crippen LogP) is 1.32. The van der Waals surface area contributed by atoms with Gasteiger partial charge in [0.15, 0.2) is 5.82 Å². The number of rotatable bonds is 3. The zero-order valence-corrected chi connectivity index (χ0v) is 10.2. The van der Waals surface area contributed by atoms with Crippen molar-refractivity contribution in [2.75, 3.05) is 16.8 Å². The van der Waals surface area contributed by atoms with Gasteiger partial charge in [-0.05, 0) is 19.9 Å². The lowest BCUT2D eigenvalue weighted by atomic mass is 10.0. The average Bonchev–Trinajstić information content (AvgIpc) is 2.21. The quantitative estimate of drug-likeness (QED) is 0.615. The summed E-state index contributed by atoms with van der Waals surface area (Å²) in [5, 5.41) is 2.36. The summed E-state index contributed by atoms with van der Waals surface area (Å²) < 4.78 is 13.8. The van der Waals surface area contributed by atoms with Crippen LogP contribution in [-0.2, 0) is 4.79 Å². The molecular weight excluding hydrogens is 247 g/mol. The maximum absolute atomic E-state index is 13.8. The number of primary amides is 1. The molecule has 1 aromatic rings. The van der Waals surface area contributed by atoms with Crippen molar-refractivity contribution in [1.82, 2.24) is 0 Å². The second-order valence-electron chi connectivity index (χ2n) is 4.17. The van der Waals surface area contributed by atoms with Crippen molar-refractivity contribution in [3.63, 3.8) is 0 Å². The molecule has 0 saturated heterocycles. The van der Waals surface area contributed by atoms with Crippen LogP contribution in [0.5, 0.6) is 0 Å². The van der Waals surface area contributed by atoms with E-state index in [0.29, 0.717) is 0 Å². The van der Waals surface area contributed by atoms with Crippen LogP contribution in [0.2, 0.25) is 5.02 Å². The first-order valence-corrected chi connectivity index (χ1v) is 5.15. The Labute approximate surface area is 103 Å². The van der Waals surface area contributed by atoms with Crippen LogP contribution >= 0.6 is 11.6 Å². The van der Waals surface area contributed by atoms with Crippen LogP contribution in [0.1, 0.15) is 13.8 Å². The Morgan fingerprint density at radius 3 is 2.41 bits per heavy atom. The summed E-state index contributed by atoms with van der Waals surface area (Å²) in [6.45, 7) is 3.00. The van der Waals surface area contributed by atoms with E-state index in [9.17, 15) is 9.18 Å². The smallest absolute Gasteiger partial charge is 0.242 e. The Morgan fingerprint density at radius 1 is 1.41 bits per heavy atom. The molecule has 0 aliphatic carbocycles. The molecule has 0 heterocycles. The molecule has 7 heteroatoms. The number of benzene rings is 1. The third-order valence-electron chi connectivity index (χ3n) is 2.32. The van der Waals surface area contributed by atoms with Gasteiger partial charge in [0.2, 0.25) is 5.91 Å². The molecule has 0 radical (unpaired) electrons. The van der Waals surface area contributed by atoms with Gasteiger partial charge in [-0.3, -0.25) is 4.79 Å². The number of halogens is 2. The Balaban J connectivity index is 3.25. The highest BCUT2D eigenvalue weighted by Crippen LogP contribution is 2.35. The SMILES string of the molecule is CC(C)(Nc1c(N)cc(N)c(Cl)c1F)C(N)=O. The standard InChI is InChI=1S/C10H14ClFN4O/c1-10(2,9(15)17)16-8-5(14)3-4(13)6(11)7(8)12/h3,16H,13-14H2,1-2H3,(H2,15,17). The van der Waals surface area contributed by atoms with Crippen LogP contribution in [-0.4, -0.2) is 11.4 Å². The summed E-state index contributed by atoms with van der Waals surface area (Å²) in [5.41, 5.74) is 15.0. The normalized spacial score (nSPS) is 11.3. The van der Waals surface area contributed by atoms with E-state index in [4.69, 9.17) is 28.8 Å². The van der Waals surface area contributed by atoms with E-state index in [1.54, 1.807) is 0 Å². The predicted molar refractivity (Wildman–Crippen MR) is 67.1 cm³/mol. The van der Waals surface area contributed by atoms with Crippen LogP contribution in [0.3, 0.4) is 0 Å². The van der Waals surface area contributed by atoms with E-state index in [1.807, 2.05) is 0 Å². The first-order chi connectivity index (χ1) is 7.66. The van der Waals surface area contributed by atoms with Gasteiger partial charge < -0.3 is 22.5 Å². The van der Waals surface area contributed by atoms with E-state index in [2.05, 4.69) is 5.32 Å². The zero-order chi connectivity index (χ0) is 13.4. The van der Waals surface area contributed by atoms with Gasteiger partial charge in [-0.1, -0.05) is 11.6 Å². The van der Waals surface area contributed by atoms with E-state index >= 15 is 0 Å². The molecule has 94 valence electrons. The first-order valence-electron chi connectivity index (χ1n) is 4.78. The second-order valence-corrected chi connectivity index (χ2v) is 4.55. The van der Waals surface area contributed by atoms with Gasteiger partial charge in [0, 0.05) is 0 Å². The summed E-state index contributed by atoms with van der Waals surface area (Å²) in [6, 6.07) is 1.31. The second kappa shape index (κ2) is 4.29. The first kappa shape index (κ1) is 13.4. The van der Waals surface area contributed by atoms with Gasteiger partial charge in [0.25, 0.3) is 0 Å². The maximum Gasteiger partial charge on any atom is 0.242 e. The molecule has 0 aliphatic rings. The minimum Gasteiger partial charge on any atom is -0.397 e. The minimum absolute atomic E-state index is 0.0316. The van der Waals surface area contributed by atoms with Gasteiger partial charge >= 0.3 is 0 Å². The fraction of sp³-hybridized carbons (Fsp3) is 0.300. The van der Waals surface area contributed by atoms with Gasteiger partial charge in [-0.2, -0.15) is 0 Å². The summed E-state index contributed by atoms with van der Waals surface area (Å²) in [5.74, 6) is -1.46. The zero-order valence-electron chi connectivity index (χ0n) is 9.47. The third-order valence-corrected chi connectivity index (χ3v) is 2.70. The number of hydrogen-bond acceptors (Lipinski definition) is 4. The topological polar surface area (TPSA) is 107 Å². The average molecular weight is 261 g/mol. The molecule has 17 heavy (non-hydrogen) atoms. The molecule has 1 rings (SSSR count). The molecular formula is C10H14ClFN4O. The van der Waals surface area contributed by atoms with Crippen molar-refractivity contribution in [3.8, 4) is 0 Å². The van der Waals surface area contributed by atoms with Crippen molar-refractivity contribution >= 4 is 34.6 Å². The largest absolute Gasteiger partial charge is 0.397 e. The Hall–Kier alpha value is -1.69. The van der Waals surface area contributed by atoms with E-state index < -0.39 is 17.3 Å². The van der Waals surface area contributed by atoms with E-state index in [0.717, 1.165) is 0 Å². The van der Waals surface area contributed by atoms with Gasteiger partial charge in [-0.25, -0.2) is 4.39 Å². The molecule has 0 aliphatic heterocycles. The number of hydrogen-bond donors (Lipinski definition) is 4. The Bertz CT molecular complexity index is 476. The van der Waals surface area contributed by atoms with E-state index in [-0.39, 0.29) is 22.1 Å². The lowest BCUT2D eigenvalue weighted by Crippen LogP contribution is -2.45. The maximum atomic E-state index is 13.8. The number of carbonyl (C=O) groups is 1. The number of nitrogens with two attached hydrogens (primary N) is 3. The van der Waals surface area contributed by atoms with Crippen LogP contribution in [0.15, 0.2) is 6.07 Å². The molecule has 1 aromatic carbocycles. The summed E-state index contributed by atoms with van der Waals surface area (Å²) in [6.07, 6.45) is 0. The van der Waals surface area contributed by atoms with Gasteiger partial charge in [0.1, 0.15) is 10.6 Å². The minimum atomic E-state index is -1.16. The molecule has 1 amide bonds. The Kier molecular flexibility index (Phi) is 3.38. The van der Waals surface area contributed by atoms with Crippen LogP contribution in [0, 0.1) is 5.82 Å². The molecule has 0 saturated carbocycles. The van der Waals surface area contributed by atoms with Gasteiger partial charge in [-0.15, -0.1) is 0 Å². The lowest BCUT2D eigenvalue weighted by molar-refractivity contribution is -0.121. The van der Waals surface area contributed by atoms with Crippen LogP contribution in [0.4, 0.5) is 21.5 Å². The fourth-order valence-corrected chi connectivity index (χ4v) is 1.32. The van der Waals surface area contributed by atoms with Crippen molar-refractivity contribution in [2.24, 2.45) is 5.73 Å². The third kappa shape index (κ3) is 2.52. The number of anilines is 3. The summed E-state index contributed by atoms with van der Waals surface area (Å²) >= 11 is 5.65. The summed E-state index contributed by atoms with van der Waals surface area (Å²) in [7, 11) is 0. The number of nitrogens with one attached hydrogen (secondary N) is 1. The molecule has 0 bridgehead atoms. The highest BCUT2D eigenvalue weighted by molar-refractivity contribution is 6.33. The number of nitrogen functional groups attached to an aromatic ring is 2. The number of carbonyl (C=O) groups excluding carboxylic acids is 1. The summed E-state index contributed by atoms with van der Waals surface area (Å²) in [4.78, 5) is 11.1. The van der Waals surface area contributed by atoms with Crippen LogP contribution < -0.4 is 22.5 Å². The highest BCUT2D eigenvalue weighted by atomic mass is 35.5. The fourth-order valence-electron chi connectivity index (χ4n) is 1.17. The number of amides is 1. The molecule has 0 aromatic heterocycles. The monoisotopic (exact) mass is 260 g/mol. The highest BCUT2D eigenvalue weighted by Gasteiger charge is 2.27. The van der Waals surface area contributed by atoms with Crippen molar-refractivity contribution < 1.29 is 9.18 Å². The molecule has 0 spiro atoms. The molecule has 5 nitrogen and oxygen atoms in total. The molecule has 0 atom stereocenters. The van der Waals surface area contributed by atoms with Crippen molar-refractivity contribution in [2.45, 2.75) is 19.4 Å².